The van der Waals surface area contributed by atoms with Gasteiger partial charge in [0.15, 0.2) is 0 Å². The van der Waals surface area contributed by atoms with Crippen molar-refractivity contribution in [3.63, 3.8) is 0 Å². The maximum Gasteiger partial charge on any atom is 0.320 e. The summed E-state index contributed by atoms with van der Waals surface area (Å²) >= 11 is 0. The Labute approximate surface area is 124 Å². The van der Waals surface area contributed by atoms with Crippen LogP contribution in [0.1, 0.15) is 11.1 Å². The van der Waals surface area contributed by atoms with E-state index < -0.39 is 12.0 Å². The van der Waals surface area contributed by atoms with Gasteiger partial charge < -0.3 is 10.8 Å². The molecule has 4 heteroatoms. The summed E-state index contributed by atoms with van der Waals surface area (Å²) in [6.07, 6.45) is 0.351. The average molecular weight is 292 g/mol. The minimum absolute atomic E-state index is 0. The second kappa shape index (κ2) is 7.08. The zero-order valence-electron chi connectivity index (χ0n) is 11.2. The van der Waals surface area contributed by atoms with Crippen molar-refractivity contribution in [3.05, 3.63) is 59.7 Å². The number of aliphatic carboxylic acids is 1. The Morgan fingerprint density at radius 1 is 1.05 bits per heavy atom. The van der Waals surface area contributed by atoms with E-state index >= 15 is 0 Å². The van der Waals surface area contributed by atoms with Crippen molar-refractivity contribution < 1.29 is 9.90 Å². The molecule has 0 bridgehead atoms. The summed E-state index contributed by atoms with van der Waals surface area (Å²) in [5, 5.41) is 8.78. The minimum atomic E-state index is -0.970. The zero-order chi connectivity index (χ0) is 13.8. The van der Waals surface area contributed by atoms with Gasteiger partial charge in [0.2, 0.25) is 0 Å². The van der Waals surface area contributed by atoms with Crippen molar-refractivity contribution in [2.75, 3.05) is 0 Å². The monoisotopic (exact) mass is 291 g/mol. The number of hydrogen-bond acceptors (Lipinski definition) is 2. The molecule has 2 aromatic rings. The average Bonchev–Trinajstić information content (AvgIpc) is 2.40. The summed E-state index contributed by atoms with van der Waals surface area (Å²) in [7, 11) is 0. The summed E-state index contributed by atoms with van der Waals surface area (Å²) < 4.78 is 0. The quantitative estimate of drug-likeness (QED) is 0.910. The SMILES string of the molecule is Cc1ccc(-c2ccc(CC(N)C(=O)O)cc2)cc1.Cl. The van der Waals surface area contributed by atoms with Crippen LogP contribution in [0.4, 0.5) is 0 Å². The third-order valence-corrected chi connectivity index (χ3v) is 3.11. The molecule has 0 saturated heterocycles. The Morgan fingerprint density at radius 3 is 1.95 bits per heavy atom. The lowest BCUT2D eigenvalue weighted by Crippen LogP contribution is -2.32. The number of aryl methyl sites for hydroxylation is 1. The summed E-state index contributed by atoms with van der Waals surface area (Å²) in [5.74, 6) is -0.970. The van der Waals surface area contributed by atoms with Crippen LogP contribution >= 0.6 is 12.4 Å². The molecule has 0 aromatic heterocycles. The predicted octanol–water partition coefficient (Wildman–Crippen LogP) is 3.04. The third-order valence-electron chi connectivity index (χ3n) is 3.11. The van der Waals surface area contributed by atoms with Crippen molar-refractivity contribution in [3.8, 4) is 11.1 Å². The van der Waals surface area contributed by atoms with Gasteiger partial charge in [-0.05, 0) is 30.0 Å². The van der Waals surface area contributed by atoms with Crippen molar-refractivity contribution in [1.82, 2.24) is 0 Å². The molecule has 3 nitrogen and oxygen atoms in total. The minimum Gasteiger partial charge on any atom is -0.480 e. The standard InChI is InChI=1S/C16H17NO2.ClH/c1-11-2-6-13(7-3-11)14-8-4-12(5-9-14)10-15(17)16(18)19;/h2-9,15H,10,17H2,1H3,(H,18,19);1H. The van der Waals surface area contributed by atoms with Crippen LogP contribution in [-0.2, 0) is 11.2 Å². The molecule has 0 heterocycles. The molecular weight excluding hydrogens is 274 g/mol. The van der Waals surface area contributed by atoms with Crippen molar-refractivity contribution in [1.29, 1.82) is 0 Å². The lowest BCUT2D eigenvalue weighted by molar-refractivity contribution is -0.138. The summed E-state index contributed by atoms with van der Waals surface area (Å²) in [5.41, 5.74) is 9.95. The second-order valence-corrected chi connectivity index (χ2v) is 4.71. The molecule has 0 saturated carbocycles. The van der Waals surface area contributed by atoms with E-state index in [1.54, 1.807) is 0 Å². The highest BCUT2D eigenvalue weighted by molar-refractivity contribution is 5.85. The highest BCUT2D eigenvalue weighted by Crippen LogP contribution is 2.20. The normalized spacial score (nSPS) is 11.5. The summed E-state index contributed by atoms with van der Waals surface area (Å²) in [4.78, 5) is 10.7. The molecule has 0 spiro atoms. The van der Waals surface area contributed by atoms with E-state index in [2.05, 4.69) is 31.2 Å². The molecule has 106 valence electrons. The molecule has 1 unspecified atom stereocenters. The molecule has 20 heavy (non-hydrogen) atoms. The van der Waals surface area contributed by atoms with E-state index in [4.69, 9.17) is 10.8 Å². The van der Waals surface area contributed by atoms with Gasteiger partial charge >= 0.3 is 5.97 Å². The molecule has 0 aliphatic rings. The van der Waals surface area contributed by atoms with E-state index in [1.165, 1.54) is 5.56 Å². The van der Waals surface area contributed by atoms with Crippen LogP contribution in [0, 0.1) is 6.92 Å². The highest BCUT2D eigenvalue weighted by Gasteiger charge is 2.11. The van der Waals surface area contributed by atoms with E-state index in [0.29, 0.717) is 6.42 Å². The van der Waals surface area contributed by atoms with Gasteiger partial charge in [-0.2, -0.15) is 0 Å². The van der Waals surface area contributed by atoms with Crippen LogP contribution in [0.25, 0.3) is 11.1 Å². The molecule has 3 N–H and O–H groups in total. The summed E-state index contributed by atoms with van der Waals surface area (Å²) in [6, 6.07) is 15.3. The van der Waals surface area contributed by atoms with Crippen LogP contribution in [0.2, 0.25) is 0 Å². The molecule has 1 atom stereocenters. The molecule has 0 aliphatic carbocycles. The van der Waals surface area contributed by atoms with Crippen LogP contribution in [-0.4, -0.2) is 17.1 Å². The van der Waals surface area contributed by atoms with Crippen LogP contribution in [0.3, 0.4) is 0 Å². The number of hydrogen-bond donors (Lipinski definition) is 2. The van der Waals surface area contributed by atoms with Gasteiger partial charge in [0.25, 0.3) is 0 Å². The number of rotatable bonds is 4. The van der Waals surface area contributed by atoms with Gasteiger partial charge in [0, 0.05) is 0 Å². The van der Waals surface area contributed by atoms with E-state index in [0.717, 1.165) is 16.7 Å². The first-order chi connectivity index (χ1) is 9.06. The third kappa shape index (κ3) is 4.08. The number of carboxylic acid groups (broad SMARTS) is 1. The first-order valence-electron chi connectivity index (χ1n) is 6.20. The molecular formula is C16H18ClNO2. The van der Waals surface area contributed by atoms with Gasteiger partial charge in [0.05, 0.1) is 0 Å². The Morgan fingerprint density at radius 2 is 1.50 bits per heavy atom. The number of carbonyl (C=O) groups is 1. The van der Waals surface area contributed by atoms with E-state index in [9.17, 15) is 4.79 Å². The number of halogens is 1. The van der Waals surface area contributed by atoms with Crippen LogP contribution < -0.4 is 5.73 Å². The molecule has 0 fully saturated rings. The largest absolute Gasteiger partial charge is 0.480 e. The lowest BCUT2D eigenvalue weighted by Gasteiger charge is -2.08. The fraction of sp³-hybridized carbons (Fsp3) is 0.188. The molecule has 2 aromatic carbocycles. The van der Waals surface area contributed by atoms with E-state index in [-0.39, 0.29) is 12.4 Å². The number of nitrogens with two attached hydrogens (primary N) is 1. The fourth-order valence-electron chi connectivity index (χ4n) is 1.92. The van der Waals surface area contributed by atoms with Crippen LogP contribution in [0.5, 0.6) is 0 Å². The Bertz CT molecular complexity index is 564. The number of carboxylic acids is 1. The van der Waals surface area contributed by atoms with Gasteiger partial charge in [-0.1, -0.05) is 54.1 Å². The summed E-state index contributed by atoms with van der Waals surface area (Å²) in [6.45, 7) is 2.06. The predicted molar refractivity (Wildman–Crippen MR) is 83.2 cm³/mol. The smallest absolute Gasteiger partial charge is 0.320 e. The first-order valence-corrected chi connectivity index (χ1v) is 6.20. The van der Waals surface area contributed by atoms with Crippen molar-refractivity contribution >= 4 is 18.4 Å². The maximum atomic E-state index is 10.7. The van der Waals surface area contributed by atoms with Gasteiger partial charge in [0.1, 0.15) is 6.04 Å². The maximum absolute atomic E-state index is 10.7. The van der Waals surface area contributed by atoms with Gasteiger partial charge in [-0.15, -0.1) is 12.4 Å². The molecule has 2 rings (SSSR count). The zero-order valence-corrected chi connectivity index (χ0v) is 12.1. The second-order valence-electron chi connectivity index (χ2n) is 4.71. The number of benzene rings is 2. The van der Waals surface area contributed by atoms with Gasteiger partial charge in [-0.25, -0.2) is 0 Å². The fourth-order valence-corrected chi connectivity index (χ4v) is 1.92. The molecule has 0 aliphatic heterocycles. The first kappa shape index (κ1) is 16.2. The lowest BCUT2D eigenvalue weighted by atomic mass is 10.0. The van der Waals surface area contributed by atoms with Crippen LogP contribution in [0.15, 0.2) is 48.5 Å². The van der Waals surface area contributed by atoms with Gasteiger partial charge in [-0.3, -0.25) is 4.79 Å². The van der Waals surface area contributed by atoms with E-state index in [1.807, 2.05) is 24.3 Å². The molecule has 0 radical (unpaired) electrons. The topological polar surface area (TPSA) is 63.3 Å². The Balaban J connectivity index is 0.00000200. The van der Waals surface area contributed by atoms with Crippen molar-refractivity contribution in [2.24, 2.45) is 5.73 Å². The van der Waals surface area contributed by atoms with Crippen molar-refractivity contribution in [2.45, 2.75) is 19.4 Å². The highest BCUT2D eigenvalue weighted by atomic mass is 35.5. The molecule has 0 amide bonds. The Kier molecular flexibility index (Phi) is 5.74. The Hall–Kier alpha value is -1.84.